The van der Waals surface area contributed by atoms with Crippen LogP contribution >= 0.6 is 0 Å². The van der Waals surface area contributed by atoms with E-state index in [0.717, 1.165) is 0 Å². The normalized spacial score (nSPS) is 11.4. The Balaban J connectivity index is 2.38. The zero-order valence-corrected chi connectivity index (χ0v) is 21.1. The highest BCUT2D eigenvalue weighted by Crippen LogP contribution is 2.12. The molecule has 0 aliphatic carbocycles. The van der Waals surface area contributed by atoms with Gasteiger partial charge >= 0.3 is 0 Å². The predicted molar refractivity (Wildman–Crippen MR) is 133 cm³/mol. The van der Waals surface area contributed by atoms with Gasteiger partial charge in [0.2, 0.25) is 0 Å². The summed E-state index contributed by atoms with van der Waals surface area (Å²) in [5.74, 6) is 1.60. The fraction of sp³-hybridized carbons (Fsp3) is 0.893. The molecule has 0 aromatic carbocycles. The monoisotopic (exact) mass is 419 g/mol. The fourth-order valence-corrected chi connectivity index (χ4v) is 4.56. The summed E-state index contributed by atoms with van der Waals surface area (Å²) in [6, 6.07) is 0. The second kappa shape index (κ2) is 20.1. The van der Waals surface area contributed by atoms with Gasteiger partial charge in [0, 0.05) is 6.42 Å². The van der Waals surface area contributed by atoms with Crippen LogP contribution in [0.25, 0.3) is 0 Å². The van der Waals surface area contributed by atoms with E-state index in [0.29, 0.717) is 0 Å². The first-order valence-corrected chi connectivity index (χ1v) is 13.9. The smallest absolute Gasteiger partial charge is 0.234 e. The van der Waals surface area contributed by atoms with Gasteiger partial charge in [-0.15, -0.1) is 0 Å². The summed E-state index contributed by atoms with van der Waals surface area (Å²) in [6.07, 6.45) is 32.5. The molecule has 0 N–H and O–H groups in total. The molecule has 0 saturated carbocycles. The summed E-state index contributed by atoms with van der Waals surface area (Å²) in [5, 5.41) is 0. The Morgan fingerprint density at radius 3 is 1.60 bits per heavy atom. The minimum atomic E-state index is 1.22. The summed E-state index contributed by atoms with van der Waals surface area (Å²) in [5.41, 5.74) is 0. The molecule has 0 atom stereocenters. The van der Waals surface area contributed by atoms with Crippen LogP contribution < -0.4 is 4.57 Å². The Labute approximate surface area is 189 Å². The molecule has 30 heavy (non-hydrogen) atoms. The maximum Gasteiger partial charge on any atom is 0.256 e. The van der Waals surface area contributed by atoms with Crippen LogP contribution in [0.2, 0.25) is 0 Å². The molecule has 0 radical (unpaired) electrons. The molecule has 1 aromatic heterocycles. The summed E-state index contributed by atoms with van der Waals surface area (Å²) in [7, 11) is 0. The summed E-state index contributed by atoms with van der Waals surface area (Å²) < 4.78 is 5.17. The Bertz CT molecular complexity index is 477. The largest absolute Gasteiger partial charge is 0.256 e. The first-order valence-electron chi connectivity index (χ1n) is 13.9. The minimum absolute atomic E-state index is 1.22. The molecule has 2 nitrogen and oxygen atoms in total. The molecular formula is C28H55N2+. The van der Waals surface area contributed by atoms with Gasteiger partial charge in [0.15, 0.2) is 0 Å². The topological polar surface area (TPSA) is 8.81 Å². The van der Waals surface area contributed by atoms with Crippen molar-refractivity contribution in [3.8, 4) is 0 Å². The second-order valence-electron chi connectivity index (χ2n) is 9.51. The van der Waals surface area contributed by atoms with Crippen LogP contribution in [0, 0.1) is 0 Å². The Kier molecular flexibility index (Phi) is 18.3. The molecule has 0 amide bonds. The molecule has 0 fully saturated rings. The number of rotatable bonds is 22. The van der Waals surface area contributed by atoms with Crippen LogP contribution in [0.5, 0.6) is 0 Å². The molecule has 0 aliphatic rings. The molecule has 176 valence electrons. The number of imidazole rings is 1. The van der Waals surface area contributed by atoms with Crippen LogP contribution in [0.15, 0.2) is 12.4 Å². The Morgan fingerprint density at radius 1 is 0.567 bits per heavy atom. The van der Waals surface area contributed by atoms with Gasteiger partial charge < -0.3 is 0 Å². The lowest BCUT2D eigenvalue weighted by molar-refractivity contribution is -0.704. The van der Waals surface area contributed by atoms with Crippen molar-refractivity contribution in [2.45, 2.75) is 162 Å². The van der Waals surface area contributed by atoms with E-state index in [1.165, 1.54) is 142 Å². The maximum atomic E-state index is 2.59. The van der Waals surface area contributed by atoms with Gasteiger partial charge in [0.1, 0.15) is 12.4 Å². The van der Waals surface area contributed by atoms with Gasteiger partial charge in [-0.25, -0.2) is 9.13 Å². The third-order valence-electron chi connectivity index (χ3n) is 6.60. The van der Waals surface area contributed by atoms with E-state index in [2.05, 4.69) is 42.3 Å². The molecule has 1 aromatic rings. The fourth-order valence-electron chi connectivity index (χ4n) is 4.56. The third kappa shape index (κ3) is 13.5. The van der Waals surface area contributed by atoms with Crippen molar-refractivity contribution in [1.82, 2.24) is 4.57 Å². The van der Waals surface area contributed by atoms with Gasteiger partial charge in [-0.3, -0.25) is 0 Å². The van der Waals surface area contributed by atoms with E-state index in [1.54, 1.807) is 5.82 Å². The van der Waals surface area contributed by atoms with Gasteiger partial charge in [0.05, 0.1) is 13.1 Å². The zero-order valence-electron chi connectivity index (χ0n) is 21.1. The van der Waals surface area contributed by atoms with Gasteiger partial charge in [0.25, 0.3) is 5.82 Å². The maximum absolute atomic E-state index is 2.59. The van der Waals surface area contributed by atoms with E-state index >= 15 is 0 Å². The molecule has 0 bridgehead atoms. The zero-order chi connectivity index (χ0) is 21.7. The molecule has 1 heterocycles. The van der Waals surface area contributed by atoms with Crippen LogP contribution in [0.4, 0.5) is 0 Å². The number of hydrogen-bond donors (Lipinski definition) is 0. The third-order valence-corrected chi connectivity index (χ3v) is 6.60. The second-order valence-corrected chi connectivity index (χ2v) is 9.51. The summed E-state index contributed by atoms with van der Waals surface area (Å²) >= 11 is 0. The lowest BCUT2D eigenvalue weighted by atomic mass is 10.1. The SMILES string of the molecule is CCCCCCCCCCc1n(CCCCCC)cc[n+]1CCCCCCCCC. The molecular weight excluding hydrogens is 364 g/mol. The standard InChI is InChI=1S/C28H55N2/c1-4-7-10-13-15-16-18-20-23-28-29(24-21-12-9-6-3)26-27-30(28)25-22-19-17-14-11-8-5-2/h26-27H,4-25H2,1-3H3/q+1. The van der Waals surface area contributed by atoms with Crippen molar-refractivity contribution in [2.75, 3.05) is 0 Å². The van der Waals surface area contributed by atoms with Crippen molar-refractivity contribution in [3.63, 3.8) is 0 Å². The number of aromatic nitrogens is 2. The van der Waals surface area contributed by atoms with Gasteiger partial charge in [-0.05, 0) is 32.1 Å². The van der Waals surface area contributed by atoms with Gasteiger partial charge in [-0.1, -0.05) is 111 Å². The lowest BCUT2D eigenvalue weighted by Gasteiger charge is -2.07. The van der Waals surface area contributed by atoms with Crippen LogP contribution in [-0.2, 0) is 19.5 Å². The number of unbranched alkanes of at least 4 members (excludes halogenated alkanes) is 16. The molecule has 0 unspecified atom stereocenters. The Morgan fingerprint density at radius 2 is 1.03 bits per heavy atom. The van der Waals surface area contributed by atoms with E-state index in [4.69, 9.17) is 0 Å². The van der Waals surface area contributed by atoms with Gasteiger partial charge in [-0.2, -0.15) is 0 Å². The molecule has 1 rings (SSSR count). The molecule has 0 saturated heterocycles. The van der Waals surface area contributed by atoms with Crippen molar-refractivity contribution < 1.29 is 4.57 Å². The number of aryl methyl sites for hydroxylation is 2. The first kappa shape index (κ1) is 27.2. The highest BCUT2D eigenvalue weighted by Gasteiger charge is 2.16. The average Bonchev–Trinajstić information content (AvgIpc) is 3.14. The quantitative estimate of drug-likeness (QED) is 0.131. The predicted octanol–water partition coefficient (Wildman–Crippen LogP) is 8.79. The highest BCUT2D eigenvalue weighted by molar-refractivity contribution is 4.84. The number of nitrogens with zero attached hydrogens (tertiary/aromatic N) is 2. The molecule has 2 heteroatoms. The summed E-state index contributed by atoms with van der Waals surface area (Å²) in [4.78, 5) is 0. The average molecular weight is 420 g/mol. The van der Waals surface area contributed by atoms with Crippen molar-refractivity contribution >= 4 is 0 Å². The van der Waals surface area contributed by atoms with E-state index in [1.807, 2.05) is 0 Å². The van der Waals surface area contributed by atoms with Crippen molar-refractivity contribution in [3.05, 3.63) is 18.2 Å². The number of hydrogen-bond acceptors (Lipinski definition) is 0. The van der Waals surface area contributed by atoms with Crippen LogP contribution in [0.3, 0.4) is 0 Å². The van der Waals surface area contributed by atoms with Crippen molar-refractivity contribution in [2.24, 2.45) is 0 Å². The highest BCUT2D eigenvalue weighted by atomic mass is 15.1. The lowest BCUT2D eigenvalue weighted by Crippen LogP contribution is -2.37. The van der Waals surface area contributed by atoms with Crippen molar-refractivity contribution in [1.29, 1.82) is 0 Å². The first-order chi connectivity index (χ1) is 14.8. The molecule has 0 spiro atoms. The van der Waals surface area contributed by atoms with E-state index in [9.17, 15) is 0 Å². The minimum Gasteiger partial charge on any atom is -0.234 e. The van der Waals surface area contributed by atoms with Crippen LogP contribution in [0.1, 0.15) is 149 Å². The molecule has 0 aliphatic heterocycles. The Hall–Kier alpha value is -0.790. The van der Waals surface area contributed by atoms with E-state index < -0.39 is 0 Å². The summed E-state index contributed by atoms with van der Waals surface area (Å²) in [6.45, 7) is 9.36. The van der Waals surface area contributed by atoms with E-state index in [-0.39, 0.29) is 0 Å². The van der Waals surface area contributed by atoms with Crippen LogP contribution in [-0.4, -0.2) is 4.57 Å².